The third-order valence-corrected chi connectivity index (χ3v) is 4.79. The summed E-state index contributed by atoms with van der Waals surface area (Å²) in [6.45, 7) is 5.42. The van der Waals surface area contributed by atoms with Gasteiger partial charge in [0.25, 0.3) is 0 Å². The molecule has 118 valence electrons. The SMILES string of the molecule is Cn1cc(C2CNc3ncc(C4=CCC(C)(C)C=C4)cc32)cn1. The Kier molecular flexibility index (Phi) is 3.15. The van der Waals surface area contributed by atoms with E-state index in [2.05, 4.69) is 59.7 Å². The van der Waals surface area contributed by atoms with Crippen molar-refractivity contribution in [3.05, 3.63) is 59.6 Å². The van der Waals surface area contributed by atoms with Gasteiger partial charge < -0.3 is 5.32 Å². The van der Waals surface area contributed by atoms with Crippen LogP contribution in [0.3, 0.4) is 0 Å². The fraction of sp³-hybridized carbons (Fsp3) is 0.368. The van der Waals surface area contributed by atoms with Crippen molar-refractivity contribution in [1.29, 1.82) is 0 Å². The van der Waals surface area contributed by atoms with Crippen molar-refractivity contribution >= 4 is 11.4 Å². The molecule has 2 aromatic heterocycles. The lowest BCUT2D eigenvalue weighted by molar-refractivity contribution is 0.485. The summed E-state index contributed by atoms with van der Waals surface area (Å²) in [6.07, 6.45) is 13.9. The van der Waals surface area contributed by atoms with Crippen LogP contribution in [0.4, 0.5) is 5.82 Å². The Balaban J connectivity index is 1.69. The van der Waals surface area contributed by atoms with E-state index < -0.39 is 0 Å². The molecule has 2 aromatic rings. The summed E-state index contributed by atoms with van der Waals surface area (Å²) in [5.41, 5.74) is 5.25. The monoisotopic (exact) mass is 306 g/mol. The van der Waals surface area contributed by atoms with Crippen LogP contribution >= 0.6 is 0 Å². The highest BCUT2D eigenvalue weighted by Gasteiger charge is 2.27. The minimum Gasteiger partial charge on any atom is -0.369 e. The largest absolute Gasteiger partial charge is 0.369 e. The highest BCUT2D eigenvalue weighted by atomic mass is 15.2. The number of fused-ring (bicyclic) bond motifs is 1. The normalized spacial score (nSPS) is 21.7. The number of rotatable bonds is 2. The van der Waals surface area contributed by atoms with E-state index >= 15 is 0 Å². The molecule has 4 nitrogen and oxygen atoms in total. The average Bonchev–Trinajstić information content (AvgIpc) is 3.12. The molecule has 0 bridgehead atoms. The fourth-order valence-corrected chi connectivity index (χ4v) is 3.32. The van der Waals surface area contributed by atoms with E-state index in [0.29, 0.717) is 5.92 Å². The summed E-state index contributed by atoms with van der Waals surface area (Å²) >= 11 is 0. The molecule has 1 aliphatic carbocycles. The number of nitrogens with zero attached hydrogens (tertiary/aromatic N) is 3. The lowest BCUT2D eigenvalue weighted by atomic mass is 9.82. The molecule has 0 radical (unpaired) electrons. The number of allylic oxidation sites excluding steroid dienone is 4. The lowest BCUT2D eigenvalue weighted by Crippen LogP contribution is -2.08. The minimum absolute atomic E-state index is 0.257. The van der Waals surface area contributed by atoms with Gasteiger partial charge in [-0.2, -0.15) is 5.10 Å². The molecule has 23 heavy (non-hydrogen) atoms. The Labute approximate surface area is 136 Å². The molecule has 0 saturated heterocycles. The Bertz CT molecular complexity index is 811. The predicted octanol–water partition coefficient (Wildman–Crippen LogP) is 3.74. The summed E-state index contributed by atoms with van der Waals surface area (Å²) in [5, 5.41) is 7.72. The lowest BCUT2D eigenvalue weighted by Gasteiger charge is -2.23. The number of hydrogen-bond donors (Lipinski definition) is 1. The molecule has 0 saturated carbocycles. The number of aryl methyl sites for hydroxylation is 1. The molecule has 0 spiro atoms. The summed E-state index contributed by atoms with van der Waals surface area (Å²) in [7, 11) is 1.96. The molecule has 2 aliphatic rings. The Hall–Kier alpha value is -2.36. The van der Waals surface area contributed by atoms with Gasteiger partial charge >= 0.3 is 0 Å². The van der Waals surface area contributed by atoms with Crippen LogP contribution in [0.5, 0.6) is 0 Å². The van der Waals surface area contributed by atoms with Crippen molar-refractivity contribution in [2.24, 2.45) is 12.5 Å². The first kappa shape index (κ1) is 14.2. The van der Waals surface area contributed by atoms with Gasteiger partial charge in [0.05, 0.1) is 6.20 Å². The molecular formula is C19H22N4. The van der Waals surface area contributed by atoms with Crippen LogP contribution in [-0.2, 0) is 7.05 Å². The second kappa shape index (κ2) is 5.08. The summed E-state index contributed by atoms with van der Waals surface area (Å²) in [4.78, 5) is 4.64. The second-order valence-corrected chi connectivity index (χ2v) is 7.23. The molecule has 1 N–H and O–H groups in total. The zero-order valence-corrected chi connectivity index (χ0v) is 13.9. The number of anilines is 1. The Morgan fingerprint density at radius 3 is 2.87 bits per heavy atom. The van der Waals surface area contributed by atoms with Crippen LogP contribution in [0.2, 0.25) is 0 Å². The van der Waals surface area contributed by atoms with Gasteiger partial charge in [-0.1, -0.05) is 32.1 Å². The molecule has 0 amide bonds. The quantitative estimate of drug-likeness (QED) is 0.919. The second-order valence-electron chi connectivity index (χ2n) is 7.23. The third kappa shape index (κ3) is 2.58. The average molecular weight is 306 g/mol. The van der Waals surface area contributed by atoms with E-state index in [4.69, 9.17) is 0 Å². The van der Waals surface area contributed by atoms with Crippen LogP contribution in [0.15, 0.2) is 42.9 Å². The molecule has 1 unspecified atom stereocenters. The maximum absolute atomic E-state index is 4.64. The number of pyridine rings is 1. The van der Waals surface area contributed by atoms with Crippen LogP contribution in [0, 0.1) is 5.41 Å². The van der Waals surface area contributed by atoms with Gasteiger partial charge in [-0.05, 0) is 29.0 Å². The summed E-state index contributed by atoms with van der Waals surface area (Å²) < 4.78 is 1.86. The smallest absolute Gasteiger partial charge is 0.129 e. The minimum atomic E-state index is 0.257. The maximum atomic E-state index is 4.64. The molecule has 4 heteroatoms. The van der Waals surface area contributed by atoms with Gasteiger partial charge in [0, 0.05) is 43.0 Å². The highest BCUT2D eigenvalue weighted by molar-refractivity contribution is 5.76. The van der Waals surface area contributed by atoms with E-state index in [1.165, 1.54) is 22.3 Å². The third-order valence-electron chi connectivity index (χ3n) is 4.79. The van der Waals surface area contributed by atoms with E-state index in [1.807, 2.05) is 24.1 Å². The van der Waals surface area contributed by atoms with Crippen molar-refractivity contribution in [3.8, 4) is 0 Å². The van der Waals surface area contributed by atoms with E-state index in [1.54, 1.807) is 0 Å². The summed E-state index contributed by atoms with van der Waals surface area (Å²) in [5.74, 6) is 1.33. The topological polar surface area (TPSA) is 42.7 Å². The van der Waals surface area contributed by atoms with E-state index in [9.17, 15) is 0 Å². The number of aromatic nitrogens is 3. The maximum Gasteiger partial charge on any atom is 0.129 e. The van der Waals surface area contributed by atoms with Gasteiger partial charge in [0.1, 0.15) is 5.82 Å². The zero-order chi connectivity index (χ0) is 16.0. The number of nitrogens with one attached hydrogen (secondary N) is 1. The van der Waals surface area contributed by atoms with Gasteiger partial charge in [-0.3, -0.25) is 4.68 Å². The molecule has 1 aliphatic heterocycles. The van der Waals surface area contributed by atoms with Crippen molar-refractivity contribution in [2.45, 2.75) is 26.2 Å². The van der Waals surface area contributed by atoms with Gasteiger partial charge in [-0.15, -0.1) is 0 Å². The fourth-order valence-electron chi connectivity index (χ4n) is 3.32. The first-order valence-electron chi connectivity index (χ1n) is 8.14. The van der Waals surface area contributed by atoms with Crippen molar-refractivity contribution in [1.82, 2.24) is 14.8 Å². The molecule has 1 atom stereocenters. The predicted molar refractivity (Wildman–Crippen MR) is 93.3 cm³/mol. The molecular weight excluding hydrogens is 284 g/mol. The van der Waals surface area contributed by atoms with Crippen LogP contribution in [-0.4, -0.2) is 21.3 Å². The van der Waals surface area contributed by atoms with Gasteiger partial charge in [0.2, 0.25) is 0 Å². The first-order chi connectivity index (χ1) is 11.0. The molecule has 0 aromatic carbocycles. The van der Waals surface area contributed by atoms with Crippen molar-refractivity contribution < 1.29 is 0 Å². The summed E-state index contributed by atoms with van der Waals surface area (Å²) in [6, 6.07) is 2.29. The molecule has 0 fully saturated rings. The Morgan fingerprint density at radius 1 is 1.30 bits per heavy atom. The van der Waals surface area contributed by atoms with Crippen LogP contribution in [0.1, 0.15) is 42.9 Å². The van der Waals surface area contributed by atoms with E-state index in [0.717, 1.165) is 18.8 Å². The highest BCUT2D eigenvalue weighted by Crippen LogP contribution is 2.38. The van der Waals surface area contributed by atoms with Crippen molar-refractivity contribution in [2.75, 3.05) is 11.9 Å². The van der Waals surface area contributed by atoms with Crippen LogP contribution in [0.25, 0.3) is 5.57 Å². The van der Waals surface area contributed by atoms with Gasteiger partial charge in [-0.25, -0.2) is 4.98 Å². The number of hydrogen-bond acceptors (Lipinski definition) is 3. The van der Waals surface area contributed by atoms with Crippen LogP contribution < -0.4 is 5.32 Å². The van der Waals surface area contributed by atoms with Gasteiger partial charge in [0.15, 0.2) is 0 Å². The standard InChI is InChI=1S/C19H22N4/c1-19(2)6-4-13(5-7-19)14-8-16-17(11-21-18(16)20-9-14)15-10-22-23(3)12-15/h4-6,8-10,12,17H,7,11H2,1-3H3,(H,20,21). The molecule has 3 heterocycles. The van der Waals surface area contributed by atoms with Crippen molar-refractivity contribution in [3.63, 3.8) is 0 Å². The first-order valence-corrected chi connectivity index (χ1v) is 8.14. The van der Waals surface area contributed by atoms with E-state index in [-0.39, 0.29) is 5.41 Å². The zero-order valence-electron chi connectivity index (χ0n) is 13.9. The Morgan fingerprint density at radius 2 is 2.17 bits per heavy atom. The molecule has 4 rings (SSSR count).